The van der Waals surface area contributed by atoms with Crippen LogP contribution in [-0.2, 0) is 0 Å². The van der Waals surface area contributed by atoms with E-state index in [1.807, 2.05) is 5.92 Å². The Bertz CT molecular complexity index is 77.8. The van der Waals surface area contributed by atoms with Gasteiger partial charge in [-0.1, -0.05) is 21.9 Å². The maximum atomic E-state index is 8.28. The van der Waals surface area contributed by atoms with Crippen LogP contribution in [-0.4, -0.2) is 17.4 Å². The summed E-state index contributed by atoms with van der Waals surface area (Å²) in [5.41, 5.74) is 0. The maximum Gasteiger partial charge on any atom is 0.148 e. The van der Waals surface area contributed by atoms with Crippen LogP contribution in [0.4, 0.5) is 0 Å². The molecule has 1 N–H and O–H groups in total. The van der Waals surface area contributed by atoms with Gasteiger partial charge in [0.05, 0.1) is 0 Å². The fourth-order valence-corrected chi connectivity index (χ4v) is 0. The van der Waals surface area contributed by atoms with E-state index in [-0.39, 0.29) is 0 Å². The molecule has 1 nitrogen and oxygen atoms in total. The Morgan fingerprint density at radius 3 is 2.17 bits per heavy atom. The van der Waals surface area contributed by atoms with Crippen LogP contribution in [0.15, 0.2) is 0 Å². The van der Waals surface area contributed by atoms with E-state index in [1.165, 1.54) is 0 Å². The van der Waals surface area contributed by atoms with Gasteiger partial charge in [0.1, 0.15) is 12.3 Å². The third-order valence-electron chi connectivity index (χ3n) is 0.202. The van der Waals surface area contributed by atoms with Crippen LogP contribution in [0.1, 0.15) is 0 Å². The lowest BCUT2D eigenvalue weighted by Gasteiger charge is -2.01. The highest BCUT2D eigenvalue weighted by atomic mass is 79.9. The highest BCUT2D eigenvalue weighted by Crippen LogP contribution is 2.03. The number of halogens is 1. The first kappa shape index (κ1) is 6.06. The molecule has 0 aliphatic heterocycles. The smallest absolute Gasteiger partial charge is 0.148 e. The second-order valence-electron chi connectivity index (χ2n) is 0.818. The molecule has 0 aromatic heterocycles. The minimum Gasteiger partial charge on any atom is -0.377 e. The minimum absolute atomic E-state index is 1.62. The molecule has 0 saturated carbocycles. The average molecular weight is 145 g/mol. The van der Waals surface area contributed by atoms with Gasteiger partial charge in [-0.15, -0.1) is 6.42 Å². The summed E-state index contributed by atoms with van der Waals surface area (Å²) < 4.78 is -1.62. The van der Waals surface area contributed by atoms with Crippen molar-refractivity contribution in [1.82, 2.24) is 0 Å². The molecule has 0 aromatic carbocycles. The number of hydrogen-bond donors (Lipinski definition) is 1. The summed E-state index contributed by atoms with van der Waals surface area (Å²) in [7, 11) is 4.77. The van der Waals surface area contributed by atoms with E-state index >= 15 is 0 Å². The molecule has 3 heteroatoms. The molecule has 0 rings (SSSR count). The Kier molecular flexibility index (Phi) is 1.69. The van der Waals surface area contributed by atoms with Crippen molar-refractivity contribution < 1.29 is 5.11 Å². The number of rotatable bonds is 0. The second-order valence-corrected chi connectivity index (χ2v) is 2.03. The van der Waals surface area contributed by atoms with E-state index < -0.39 is 4.41 Å². The van der Waals surface area contributed by atoms with Crippen molar-refractivity contribution in [1.29, 1.82) is 0 Å². The van der Waals surface area contributed by atoms with E-state index in [9.17, 15) is 0 Å². The van der Waals surface area contributed by atoms with Gasteiger partial charge in [-0.25, -0.2) is 0 Å². The normalized spacial score (nSPS) is 18.2. The van der Waals surface area contributed by atoms with Crippen molar-refractivity contribution in [3.63, 3.8) is 0 Å². The lowest BCUT2D eigenvalue weighted by molar-refractivity contribution is 0.287. The third-order valence-corrected chi connectivity index (χ3v) is 0.431. The van der Waals surface area contributed by atoms with Gasteiger partial charge in [0.2, 0.25) is 0 Å². The minimum atomic E-state index is -1.62. The molecule has 0 aliphatic rings. The molecular weight excluding hydrogens is 143 g/mol. The van der Waals surface area contributed by atoms with Gasteiger partial charge < -0.3 is 5.11 Å². The van der Waals surface area contributed by atoms with Crippen LogP contribution in [0.2, 0.25) is 0 Å². The van der Waals surface area contributed by atoms with E-state index in [4.69, 9.17) is 13.0 Å². The third kappa shape index (κ3) is 4.06. The first-order valence-electron chi connectivity index (χ1n) is 1.24. The van der Waals surface area contributed by atoms with E-state index in [0.717, 1.165) is 0 Å². The molecule has 0 amide bonds. The fraction of sp³-hybridized carbons (Fsp3) is 0.333. The molecule has 0 saturated heterocycles. The van der Waals surface area contributed by atoms with Gasteiger partial charge in [-0.05, 0) is 0 Å². The van der Waals surface area contributed by atoms with Crippen LogP contribution in [0, 0.1) is 12.3 Å². The molecule has 1 unspecified atom stereocenters. The van der Waals surface area contributed by atoms with Crippen LogP contribution < -0.4 is 0 Å². The summed E-state index contributed by atoms with van der Waals surface area (Å²) >= 11 is 2.57. The molecule has 6 heavy (non-hydrogen) atoms. The number of hydrogen-bond acceptors (Lipinski definition) is 1. The van der Waals surface area contributed by atoms with Gasteiger partial charge in [0.25, 0.3) is 0 Å². The summed E-state index contributed by atoms with van der Waals surface area (Å²) in [6.45, 7) is 0. The fourth-order valence-electron chi connectivity index (χ4n) is 0. The Morgan fingerprint density at radius 1 is 2.00 bits per heavy atom. The van der Waals surface area contributed by atoms with Crippen LogP contribution in [0.25, 0.3) is 0 Å². The monoisotopic (exact) mass is 144 g/mol. The predicted octanol–water partition coefficient (Wildman–Crippen LogP) is -0.171. The van der Waals surface area contributed by atoms with Gasteiger partial charge in [-0.3, -0.25) is 0 Å². The summed E-state index contributed by atoms with van der Waals surface area (Å²) in [4.78, 5) is 0. The molecule has 0 heterocycles. The molecule has 30 valence electrons. The Morgan fingerprint density at radius 2 is 2.17 bits per heavy atom. The lowest BCUT2D eigenvalue weighted by atomic mass is 10.0. The van der Waals surface area contributed by atoms with Gasteiger partial charge in [0.15, 0.2) is 0 Å². The standard InChI is InChI=1S/C3H2BBrO/c1-2-3(4,5)6/h1,6H. The molecule has 0 aliphatic carbocycles. The van der Waals surface area contributed by atoms with Crippen LogP contribution in [0.3, 0.4) is 0 Å². The number of alkyl halides is 1. The quantitative estimate of drug-likeness (QED) is 0.285. The van der Waals surface area contributed by atoms with E-state index in [1.54, 1.807) is 0 Å². The van der Waals surface area contributed by atoms with Gasteiger partial charge in [0, 0.05) is 0 Å². The molecule has 0 bridgehead atoms. The topological polar surface area (TPSA) is 20.2 Å². The molecule has 2 radical (unpaired) electrons. The van der Waals surface area contributed by atoms with Crippen molar-refractivity contribution >= 4 is 23.8 Å². The van der Waals surface area contributed by atoms with Crippen molar-refractivity contribution in [2.45, 2.75) is 4.41 Å². The zero-order valence-electron chi connectivity index (χ0n) is 2.98. The van der Waals surface area contributed by atoms with Gasteiger partial charge >= 0.3 is 0 Å². The van der Waals surface area contributed by atoms with Crippen molar-refractivity contribution in [2.24, 2.45) is 0 Å². The van der Waals surface area contributed by atoms with Crippen molar-refractivity contribution in [2.75, 3.05) is 0 Å². The Hall–Kier alpha value is 0.0649. The Balaban J connectivity index is 3.55. The summed E-state index contributed by atoms with van der Waals surface area (Å²) in [5, 5.41) is 8.28. The van der Waals surface area contributed by atoms with Crippen LogP contribution >= 0.6 is 15.9 Å². The summed E-state index contributed by atoms with van der Waals surface area (Å²) in [5.74, 6) is 1.85. The number of aliphatic hydroxyl groups is 1. The molecule has 1 atom stereocenters. The first-order chi connectivity index (χ1) is 2.56. The average Bonchev–Trinajstić information content (AvgIpc) is 1.35. The summed E-state index contributed by atoms with van der Waals surface area (Å²) in [6, 6.07) is 0. The van der Waals surface area contributed by atoms with Crippen molar-refractivity contribution in [3.8, 4) is 12.3 Å². The highest BCUT2D eigenvalue weighted by Gasteiger charge is 2.05. The second kappa shape index (κ2) is 1.68. The van der Waals surface area contributed by atoms with Crippen molar-refractivity contribution in [3.05, 3.63) is 0 Å². The first-order valence-corrected chi connectivity index (χ1v) is 2.03. The molecular formula is C3H2BBrO. The lowest BCUT2D eigenvalue weighted by Crippen LogP contribution is -2.14. The summed E-state index contributed by atoms with van der Waals surface area (Å²) in [6.07, 6.45) is 4.63. The number of terminal acetylenes is 1. The predicted molar refractivity (Wildman–Crippen MR) is 28.5 cm³/mol. The zero-order valence-corrected chi connectivity index (χ0v) is 4.57. The maximum absolute atomic E-state index is 8.28. The van der Waals surface area contributed by atoms with E-state index in [0.29, 0.717) is 0 Å². The van der Waals surface area contributed by atoms with Gasteiger partial charge in [-0.2, -0.15) is 0 Å². The largest absolute Gasteiger partial charge is 0.377 e. The molecule has 0 aromatic rings. The zero-order chi connectivity index (χ0) is 5.21. The van der Waals surface area contributed by atoms with E-state index in [2.05, 4.69) is 22.4 Å². The highest BCUT2D eigenvalue weighted by molar-refractivity contribution is 9.10. The molecule has 0 spiro atoms. The van der Waals surface area contributed by atoms with Crippen LogP contribution in [0.5, 0.6) is 0 Å². The molecule has 0 fully saturated rings. The Labute approximate surface area is 46.3 Å². The SMILES string of the molecule is [B]C(O)(Br)C#C.